The minimum Gasteiger partial charge on any atom is -0.316 e. The molecular weight excluding hydrogens is 366 g/mol. The minimum absolute atomic E-state index is 0.109. The number of nitrogens with zero attached hydrogens (tertiary/aromatic N) is 4. The Morgan fingerprint density at radius 3 is 3.04 bits per heavy atom. The van der Waals surface area contributed by atoms with Crippen molar-refractivity contribution >= 4 is 34.0 Å². The number of anilines is 1. The van der Waals surface area contributed by atoms with Crippen molar-refractivity contribution in [2.24, 2.45) is 5.92 Å². The number of carbonyl (C=O) groups is 1. The molecule has 0 saturated carbocycles. The van der Waals surface area contributed by atoms with E-state index < -0.39 is 0 Å². The van der Waals surface area contributed by atoms with Crippen molar-refractivity contribution < 1.29 is 4.79 Å². The number of aryl methyl sites for hydroxylation is 1. The van der Waals surface area contributed by atoms with Gasteiger partial charge in [-0.3, -0.25) is 4.79 Å². The largest absolute Gasteiger partial charge is 0.316 e. The summed E-state index contributed by atoms with van der Waals surface area (Å²) in [6.45, 7) is 7.10. The Morgan fingerprint density at radius 1 is 1.50 bits per heavy atom. The second-order valence-corrected chi connectivity index (χ2v) is 8.73. The number of rotatable bonds is 6. The maximum atomic E-state index is 12.4. The van der Waals surface area contributed by atoms with E-state index in [4.69, 9.17) is 0 Å². The van der Waals surface area contributed by atoms with Crippen LogP contribution in [0.1, 0.15) is 48.5 Å². The van der Waals surface area contributed by atoms with Crippen LogP contribution in [-0.4, -0.2) is 26.4 Å². The number of aromatic nitrogens is 3. The van der Waals surface area contributed by atoms with Gasteiger partial charge in [-0.25, -0.2) is 0 Å². The zero-order valence-corrected chi connectivity index (χ0v) is 17.0. The lowest BCUT2D eigenvalue weighted by Gasteiger charge is -2.17. The van der Waals surface area contributed by atoms with Crippen molar-refractivity contribution in [3.05, 3.63) is 21.8 Å². The van der Waals surface area contributed by atoms with Gasteiger partial charge in [0.05, 0.1) is 11.3 Å². The van der Waals surface area contributed by atoms with Gasteiger partial charge in [-0.05, 0) is 44.1 Å². The molecule has 0 saturated heterocycles. The number of hydrogen-bond acceptors (Lipinski definition) is 6. The molecule has 1 N–H and O–H groups in total. The molecule has 1 unspecified atom stereocenters. The molecular formula is C18H23N5OS2. The normalized spacial score (nSPS) is 16.2. The van der Waals surface area contributed by atoms with Crippen LogP contribution in [0.2, 0.25) is 0 Å². The van der Waals surface area contributed by atoms with Gasteiger partial charge in [0.2, 0.25) is 5.91 Å². The summed E-state index contributed by atoms with van der Waals surface area (Å²) in [5, 5.41) is 22.2. The van der Waals surface area contributed by atoms with Crippen LogP contribution in [0.5, 0.6) is 0 Å². The molecule has 0 aliphatic heterocycles. The first-order valence-corrected chi connectivity index (χ1v) is 10.7. The zero-order valence-electron chi connectivity index (χ0n) is 15.3. The van der Waals surface area contributed by atoms with E-state index in [1.807, 2.05) is 11.5 Å². The van der Waals surface area contributed by atoms with E-state index in [1.165, 1.54) is 16.6 Å². The fraction of sp³-hybridized carbons (Fsp3) is 0.556. The molecule has 1 atom stereocenters. The first-order valence-electron chi connectivity index (χ1n) is 8.90. The highest BCUT2D eigenvalue weighted by Gasteiger charge is 2.24. The van der Waals surface area contributed by atoms with Gasteiger partial charge in [0, 0.05) is 11.4 Å². The second kappa shape index (κ2) is 8.23. The summed E-state index contributed by atoms with van der Waals surface area (Å²) in [7, 11) is 0. The Bertz CT molecular complexity index is 849. The van der Waals surface area contributed by atoms with E-state index in [0.717, 1.165) is 48.8 Å². The highest BCUT2D eigenvalue weighted by Crippen LogP contribution is 2.39. The molecule has 2 aromatic rings. The van der Waals surface area contributed by atoms with Crippen molar-refractivity contribution in [1.29, 1.82) is 5.26 Å². The molecule has 2 aromatic heterocycles. The quantitative estimate of drug-likeness (QED) is 0.760. The number of amides is 1. The minimum atomic E-state index is -0.109. The number of carbonyl (C=O) groups excluding carboxylic acids is 1. The standard InChI is InChI=1S/C18H23N5OS2/c1-4-7-23-12(3)21-22-18(23)25-10-16(24)20-17-14(9-19)13-6-5-11(2)8-15(13)26-17/h11H,4-8,10H2,1-3H3,(H,20,24). The average molecular weight is 390 g/mol. The third-order valence-corrected chi connectivity index (χ3v) is 6.69. The summed E-state index contributed by atoms with van der Waals surface area (Å²) in [5.74, 6) is 1.65. The molecule has 0 radical (unpaired) electrons. The smallest absolute Gasteiger partial charge is 0.235 e. The van der Waals surface area contributed by atoms with Gasteiger partial charge < -0.3 is 9.88 Å². The fourth-order valence-electron chi connectivity index (χ4n) is 3.20. The van der Waals surface area contributed by atoms with E-state index in [0.29, 0.717) is 16.5 Å². The number of thiophene rings is 1. The molecule has 138 valence electrons. The summed E-state index contributed by atoms with van der Waals surface area (Å²) in [6.07, 6.45) is 4.02. The van der Waals surface area contributed by atoms with Gasteiger partial charge in [-0.15, -0.1) is 21.5 Å². The van der Waals surface area contributed by atoms with Crippen molar-refractivity contribution in [1.82, 2.24) is 14.8 Å². The Morgan fingerprint density at radius 2 is 2.31 bits per heavy atom. The average Bonchev–Trinajstić information content (AvgIpc) is 3.13. The van der Waals surface area contributed by atoms with Crippen LogP contribution in [0.3, 0.4) is 0 Å². The molecule has 1 amide bonds. The van der Waals surface area contributed by atoms with Crippen molar-refractivity contribution in [3.8, 4) is 6.07 Å². The Balaban J connectivity index is 1.67. The van der Waals surface area contributed by atoms with E-state index in [-0.39, 0.29) is 11.7 Å². The summed E-state index contributed by atoms with van der Waals surface area (Å²) in [6, 6.07) is 2.29. The van der Waals surface area contributed by atoms with Crippen molar-refractivity contribution in [2.45, 2.75) is 58.2 Å². The zero-order chi connectivity index (χ0) is 18.7. The van der Waals surface area contributed by atoms with Crippen LogP contribution >= 0.6 is 23.1 Å². The van der Waals surface area contributed by atoms with Crippen LogP contribution in [0.25, 0.3) is 0 Å². The summed E-state index contributed by atoms with van der Waals surface area (Å²) < 4.78 is 2.03. The predicted molar refractivity (Wildman–Crippen MR) is 105 cm³/mol. The number of nitrogens with one attached hydrogen (secondary N) is 1. The lowest BCUT2D eigenvalue weighted by molar-refractivity contribution is -0.113. The van der Waals surface area contributed by atoms with Gasteiger partial charge in [0.15, 0.2) is 5.16 Å². The first kappa shape index (κ1) is 18.9. The third kappa shape index (κ3) is 3.94. The van der Waals surface area contributed by atoms with Gasteiger partial charge in [0.1, 0.15) is 16.9 Å². The lowest BCUT2D eigenvalue weighted by atomic mass is 9.89. The monoisotopic (exact) mass is 389 g/mol. The number of thioether (sulfide) groups is 1. The molecule has 8 heteroatoms. The van der Waals surface area contributed by atoms with Gasteiger partial charge >= 0.3 is 0 Å². The van der Waals surface area contributed by atoms with Gasteiger partial charge in [-0.2, -0.15) is 5.26 Å². The maximum Gasteiger partial charge on any atom is 0.235 e. The highest BCUT2D eigenvalue weighted by atomic mass is 32.2. The third-order valence-electron chi connectivity index (χ3n) is 4.56. The Hall–Kier alpha value is -1.85. The SMILES string of the molecule is CCCn1c(C)nnc1SCC(=O)Nc1sc2c(c1C#N)CCC(C)C2. The molecule has 2 heterocycles. The van der Waals surface area contributed by atoms with E-state index in [1.54, 1.807) is 11.3 Å². The number of fused-ring (bicyclic) bond motifs is 1. The Kier molecular flexibility index (Phi) is 5.99. The molecule has 0 fully saturated rings. The van der Waals surface area contributed by atoms with Gasteiger partial charge in [0.25, 0.3) is 0 Å². The van der Waals surface area contributed by atoms with E-state index in [9.17, 15) is 10.1 Å². The van der Waals surface area contributed by atoms with Crippen LogP contribution in [0.4, 0.5) is 5.00 Å². The lowest BCUT2D eigenvalue weighted by Crippen LogP contribution is -2.15. The van der Waals surface area contributed by atoms with E-state index in [2.05, 4.69) is 35.4 Å². The highest BCUT2D eigenvalue weighted by molar-refractivity contribution is 7.99. The van der Waals surface area contributed by atoms with Crippen molar-refractivity contribution in [2.75, 3.05) is 11.1 Å². The molecule has 0 aromatic carbocycles. The Labute approximate surface area is 162 Å². The van der Waals surface area contributed by atoms with Crippen LogP contribution < -0.4 is 5.32 Å². The second-order valence-electron chi connectivity index (χ2n) is 6.69. The van der Waals surface area contributed by atoms with Crippen LogP contribution in [0, 0.1) is 24.2 Å². The van der Waals surface area contributed by atoms with Crippen LogP contribution in [0.15, 0.2) is 5.16 Å². The molecule has 1 aliphatic carbocycles. The number of hydrogen-bond donors (Lipinski definition) is 1. The molecule has 3 rings (SSSR count). The predicted octanol–water partition coefficient (Wildman–Crippen LogP) is 3.79. The van der Waals surface area contributed by atoms with Gasteiger partial charge in [-0.1, -0.05) is 25.6 Å². The molecule has 26 heavy (non-hydrogen) atoms. The topological polar surface area (TPSA) is 83.6 Å². The molecule has 0 spiro atoms. The maximum absolute atomic E-state index is 12.4. The summed E-state index contributed by atoms with van der Waals surface area (Å²) in [4.78, 5) is 13.7. The summed E-state index contributed by atoms with van der Waals surface area (Å²) >= 11 is 2.94. The molecule has 6 nitrogen and oxygen atoms in total. The first-order chi connectivity index (χ1) is 12.5. The van der Waals surface area contributed by atoms with E-state index >= 15 is 0 Å². The fourth-order valence-corrected chi connectivity index (χ4v) is 5.39. The molecule has 1 aliphatic rings. The number of nitriles is 1. The van der Waals surface area contributed by atoms with Crippen molar-refractivity contribution in [3.63, 3.8) is 0 Å². The van der Waals surface area contributed by atoms with Crippen LogP contribution in [-0.2, 0) is 24.2 Å². The molecule has 0 bridgehead atoms. The summed E-state index contributed by atoms with van der Waals surface area (Å²) in [5.41, 5.74) is 1.79.